The number of carbonyl (C=O) groups is 3. The van der Waals surface area contributed by atoms with Gasteiger partial charge in [-0.25, -0.2) is 0 Å². The first-order valence-corrected chi connectivity index (χ1v) is 9.94. The van der Waals surface area contributed by atoms with Gasteiger partial charge in [0, 0.05) is 36.0 Å². The topological polar surface area (TPSA) is 92.5 Å². The van der Waals surface area contributed by atoms with Gasteiger partial charge in [-0.1, -0.05) is 37.1 Å². The van der Waals surface area contributed by atoms with Crippen molar-refractivity contribution < 1.29 is 14.4 Å². The Kier molecular flexibility index (Phi) is 4.89. The van der Waals surface area contributed by atoms with E-state index in [1.165, 1.54) is 4.90 Å². The summed E-state index contributed by atoms with van der Waals surface area (Å²) in [6.45, 7) is 0.675. The average molecular weight is 379 g/mol. The van der Waals surface area contributed by atoms with Gasteiger partial charge in [0.1, 0.15) is 0 Å². The molecule has 2 aromatic rings. The lowest BCUT2D eigenvalue weighted by molar-refractivity contribution is -0.123. The highest BCUT2D eigenvalue weighted by atomic mass is 16.2. The first kappa shape index (κ1) is 18.6. The molecule has 1 fully saturated rings. The van der Waals surface area contributed by atoms with Crippen molar-refractivity contribution in [2.24, 2.45) is 5.73 Å². The second kappa shape index (κ2) is 7.36. The van der Waals surface area contributed by atoms with E-state index in [0.29, 0.717) is 24.1 Å². The Bertz CT molecular complexity index is 896. The molecule has 1 saturated carbocycles. The molecule has 0 aromatic heterocycles. The number of nitrogens with one attached hydrogen (secondary N) is 1. The second-order valence-electron chi connectivity index (χ2n) is 7.81. The highest BCUT2D eigenvalue weighted by Gasteiger charge is 2.34. The number of imide groups is 1. The number of hydrogen-bond acceptors (Lipinski definition) is 4. The summed E-state index contributed by atoms with van der Waals surface area (Å²) < 4.78 is 0. The van der Waals surface area contributed by atoms with Crippen LogP contribution in [-0.2, 0) is 4.79 Å². The maximum Gasteiger partial charge on any atom is 0.261 e. The van der Waals surface area contributed by atoms with Crippen molar-refractivity contribution in [3.63, 3.8) is 0 Å². The van der Waals surface area contributed by atoms with Crippen LogP contribution in [0.4, 0.5) is 0 Å². The summed E-state index contributed by atoms with van der Waals surface area (Å²) in [5.74, 6) is -0.639. The smallest absolute Gasteiger partial charge is 0.261 e. The number of amides is 3. The molecule has 6 heteroatoms. The van der Waals surface area contributed by atoms with E-state index in [-0.39, 0.29) is 36.2 Å². The number of carbonyl (C=O) groups excluding carboxylic acids is 3. The molecule has 2 aliphatic rings. The van der Waals surface area contributed by atoms with E-state index in [1.807, 2.05) is 24.3 Å². The SMILES string of the molecule is NCC1(NC(=O)CCCN2C(=O)c3cccc4cccc(c34)C2=O)CCCC1. The standard InChI is InChI=1S/C22H25N3O3/c23-14-22(11-1-2-12-22)24-18(26)10-5-13-25-20(27)16-8-3-6-15-7-4-9-17(19(15)16)21(25)28/h3-4,6-9H,1-2,5,10-14,23H2,(H,24,26). The monoisotopic (exact) mass is 379 g/mol. The lowest BCUT2D eigenvalue weighted by Gasteiger charge is -2.29. The number of nitrogens with zero attached hydrogens (tertiary/aromatic N) is 1. The van der Waals surface area contributed by atoms with Crippen molar-refractivity contribution in [3.05, 3.63) is 47.5 Å². The average Bonchev–Trinajstić information content (AvgIpc) is 3.17. The molecule has 0 radical (unpaired) electrons. The first-order valence-electron chi connectivity index (χ1n) is 9.94. The van der Waals surface area contributed by atoms with Crippen molar-refractivity contribution in [2.45, 2.75) is 44.1 Å². The van der Waals surface area contributed by atoms with Gasteiger partial charge in [-0.3, -0.25) is 19.3 Å². The predicted octanol–water partition coefficient (Wildman–Crippen LogP) is 2.60. The number of benzene rings is 2. The first-order chi connectivity index (χ1) is 13.5. The summed E-state index contributed by atoms with van der Waals surface area (Å²) in [4.78, 5) is 39.3. The van der Waals surface area contributed by atoms with E-state index >= 15 is 0 Å². The van der Waals surface area contributed by atoms with Crippen molar-refractivity contribution in [1.82, 2.24) is 10.2 Å². The fourth-order valence-electron chi connectivity index (χ4n) is 4.47. The molecule has 0 spiro atoms. The molecule has 3 N–H and O–H groups in total. The third kappa shape index (κ3) is 3.18. The summed E-state index contributed by atoms with van der Waals surface area (Å²) in [5.41, 5.74) is 6.69. The van der Waals surface area contributed by atoms with Gasteiger partial charge in [0.15, 0.2) is 0 Å². The highest BCUT2D eigenvalue weighted by molar-refractivity contribution is 6.25. The van der Waals surface area contributed by atoms with Crippen LogP contribution in [0.5, 0.6) is 0 Å². The minimum absolute atomic E-state index is 0.0632. The van der Waals surface area contributed by atoms with Crippen LogP contribution in [0, 0.1) is 0 Å². The molecule has 3 amide bonds. The molecule has 0 saturated heterocycles. The van der Waals surface area contributed by atoms with Crippen molar-refractivity contribution in [2.75, 3.05) is 13.1 Å². The van der Waals surface area contributed by atoms with E-state index in [0.717, 1.165) is 36.5 Å². The molecule has 4 rings (SSSR count). The minimum Gasteiger partial charge on any atom is -0.349 e. The van der Waals surface area contributed by atoms with Crippen LogP contribution in [0.2, 0.25) is 0 Å². The molecule has 1 aliphatic carbocycles. The largest absolute Gasteiger partial charge is 0.349 e. The molecule has 28 heavy (non-hydrogen) atoms. The van der Waals surface area contributed by atoms with Gasteiger partial charge in [-0.15, -0.1) is 0 Å². The van der Waals surface area contributed by atoms with Gasteiger partial charge >= 0.3 is 0 Å². The Morgan fingerprint density at radius 2 is 1.64 bits per heavy atom. The number of rotatable bonds is 6. The molecule has 6 nitrogen and oxygen atoms in total. The predicted molar refractivity (Wildman–Crippen MR) is 107 cm³/mol. The fraction of sp³-hybridized carbons (Fsp3) is 0.409. The quantitative estimate of drug-likeness (QED) is 0.755. The summed E-state index contributed by atoms with van der Waals surface area (Å²) in [7, 11) is 0. The summed E-state index contributed by atoms with van der Waals surface area (Å²) in [6.07, 6.45) is 4.70. The maximum absolute atomic E-state index is 12.9. The summed E-state index contributed by atoms with van der Waals surface area (Å²) in [6, 6.07) is 11.0. The van der Waals surface area contributed by atoms with Crippen molar-refractivity contribution in [3.8, 4) is 0 Å². The molecule has 0 unspecified atom stereocenters. The molecule has 146 valence electrons. The van der Waals surface area contributed by atoms with E-state index in [2.05, 4.69) is 5.32 Å². The third-order valence-electron chi connectivity index (χ3n) is 6.00. The zero-order valence-electron chi connectivity index (χ0n) is 15.9. The lowest BCUT2D eigenvalue weighted by atomic mass is 9.94. The third-order valence-corrected chi connectivity index (χ3v) is 6.00. The molecule has 1 aliphatic heterocycles. The zero-order chi connectivity index (χ0) is 19.7. The summed E-state index contributed by atoms with van der Waals surface area (Å²) in [5, 5.41) is 4.69. The van der Waals surface area contributed by atoms with Crippen LogP contribution in [-0.4, -0.2) is 41.2 Å². The van der Waals surface area contributed by atoms with Gasteiger partial charge in [-0.2, -0.15) is 0 Å². The van der Waals surface area contributed by atoms with Gasteiger partial charge in [0.2, 0.25) is 5.91 Å². The zero-order valence-corrected chi connectivity index (χ0v) is 15.9. The van der Waals surface area contributed by atoms with E-state index < -0.39 is 0 Å². The van der Waals surface area contributed by atoms with Crippen LogP contribution in [0.1, 0.15) is 59.2 Å². The molecule has 2 aromatic carbocycles. The van der Waals surface area contributed by atoms with Crippen LogP contribution in [0.15, 0.2) is 36.4 Å². The Hall–Kier alpha value is -2.73. The molecular weight excluding hydrogens is 354 g/mol. The molecule has 0 bridgehead atoms. The van der Waals surface area contributed by atoms with Gasteiger partial charge in [-0.05, 0) is 36.8 Å². The van der Waals surface area contributed by atoms with Crippen LogP contribution in [0.25, 0.3) is 10.8 Å². The Morgan fingerprint density at radius 3 is 2.21 bits per heavy atom. The van der Waals surface area contributed by atoms with Crippen molar-refractivity contribution in [1.29, 1.82) is 0 Å². The Labute approximate surface area is 164 Å². The Morgan fingerprint density at radius 1 is 1.04 bits per heavy atom. The highest BCUT2D eigenvalue weighted by Crippen LogP contribution is 2.30. The second-order valence-corrected chi connectivity index (χ2v) is 7.81. The van der Waals surface area contributed by atoms with Crippen molar-refractivity contribution >= 4 is 28.5 Å². The lowest BCUT2D eigenvalue weighted by Crippen LogP contribution is -2.51. The fourth-order valence-corrected chi connectivity index (χ4v) is 4.47. The number of nitrogens with two attached hydrogens (primary N) is 1. The Balaban J connectivity index is 1.43. The van der Waals surface area contributed by atoms with Gasteiger partial charge < -0.3 is 11.1 Å². The van der Waals surface area contributed by atoms with E-state index in [4.69, 9.17) is 5.73 Å². The normalized spacial score (nSPS) is 18.0. The molecule has 1 heterocycles. The molecular formula is C22H25N3O3. The van der Waals surface area contributed by atoms with Crippen LogP contribution in [0.3, 0.4) is 0 Å². The van der Waals surface area contributed by atoms with Gasteiger partial charge in [0.05, 0.1) is 5.54 Å². The van der Waals surface area contributed by atoms with Gasteiger partial charge in [0.25, 0.3) is 11.8 Å². The maximum atomic E-state index is 12.9. The minimum atomic E-state index is -0.288. The van der Waals surface area contributed by atoms with E-state index in [1.54, 1.807) is 12.1 Å². The number of hydrogen-bond donors (Lipinski definition) is 2. The van der Waals surface area contributed by atoms with E-state index in [9.17, 15) is 14.4 Å². The molecule has 0 atom stereocenters. The summed E-state index contributed by atoms with van der Waals surface area (Å²) >= 11 is 0. The van der Waals surface area contributed by atoms with Crippen LogP contribution >= 0.6 is 0 Å². The van der Waals surface area contributed by atoms with Crippen LogP contribution < -0.4 is 11.1 Å².